The molecule has 9 heteroatoms. The van der Waals surface area contributed by atoms with Crippen molar-refractivity contribution in [2.45, 2.75) is 13.0 Å². The second-order valence-corrected chi connectivity index (χ2v) is 5.14. The van der Waals surface area contributed by atoms with E-state index >= 15 is 0 Å². The Morgan fingerprint density at radius 3 is 2.62 bits per heavy atom. The molecule has 2 aromatic rings. The number of carbonyl (C=O) groups is 1. The van der Waals surface area contributed by atoms with E-state index in [1.165, 1.54) is 44.5 Å². The van der Waals surface area contributed by atoms with Gasteiger partial charge in [0.1, 0.15) is 5.75 Å². The summed E-state index contributed by atoms with van der Waals surface area (Å²) >= 11 is 0. The van der Waals surface area contributed by atoms with Crippen LogP contribution in [0.2, 0.25) is 0 Å². The Morgan fingerprint density at radius 2 is 2.00 bits per heavy atom. The van der Waals surface area contributed by atoms with Crippen LogP contribution in [-0.2, 0) is 4.79 Å². The summed E-state index contributed by atoms with van der Waals surface area (Å²) in [7, 11) is 1.43. The van der Waals surface area contributed by atoms with Gasteiger partial charge in [0.15, 0.2) is 17.6 Å². The molecule has 0 heterocycles. The molecule has 0 spiro atoms. The van der Waals surface area contributed by atoms with Gasteiger partial charge in [0.05, 0.1) is 18.2 Å². The number of nitrogens with one attached hydrogen (secondary N) is 1. The SMILES string of the molecule is COc1cccc(C=NNC(=O)C(C)Oc2ccc([N+](=O)[O-])cc2)c1O. The highest BCUT2D eigenvalue weighted by Crippen LogP contribution is 2.27. The summed E-state index contributed by atoms with van der Waals surface area (Å²) in [4.78, 5) is 22.1. The number of nitro groups is 1. The first-order chi connectivity index (χ1) is 12.4. The number of nitrogens with zero attached hydrogens (tertiary/aromatic N) is 2. The maximum atomic E-state index is 12.0. The van der Waals surface area contributed by atoms with Crippen molar-refractivity contribution >= 4 is 17.8 Å². The number of benzene rings is 2. The third kappa shape index (κ3) is 4.69. The minimum atomic E-state index is -0.882. The van der Waals surface area contributed by atoms with E-state index in [1.807, 2.05) is 0 Å². The summed E-state index contributed by atoms with van der Waals surface area (Å²) in [5, 5.41) is 24.3. The van der Waals surface area contributed by atoms with E-state index < -0.39 is 16.9 Å². The van der Waals surface area contributed by atoms with Crippen LogP contribution < -0.4 is 14.9 Å². The minimum Gasteiger partial charge on any atom is -0.504 e. The summed E-state index contributed by atoms with van der Waals surface area (Å²) in [6, 6.07) is 10.2. The molecule has 2 rings (SSSR count). The lowest BCUT2D eigenvalue weighted by Crippen LogP contribution is -2.33. The predicted molar refractivity (Wildman–Crippen MR) is 93.6 cm³/mol. The van der Waals surface area contributed by atoms with Gasteiger partial charge in [0.2, 0.25) is 0 Å². The van der Waals surface area contributed by atoms with Gasteiger partial charge < -0.3 is 14.6 Å². The molecule has 0 saturated heterocycles. The number of hydrazone groups is 1. The molecule has 0 aliphatic heterocycles. The largest absolute Gasteiger partial charge is 0.504 e. The Hall–Kier alpha value is -3.62. The maximum absolute atomic E-state index is 12.0. The number of carbonyl (C=O) groups excluding carboxylic acids is 1. The van der Waals surface area contributed by atoms with Crippen molar-refractivity contribution < 1.29 is 24.3 Å². The fourth-order valence-electron chi connectivity index (χ4n) is 1.97. The van der Waals surface area contributed by atoms with Crippen molar-refractivity contribution in [2.75, 3.05) is 7.11 Å². The Morgan fingerprint density at radius 1 is 1.31 bits per heavy atom. The lowest BCUT2D eigenvalue weighted by atomic mass is 10.2. The highest BCUT2D eigenvalue weighted by atomic mass is 16.6. The standard InChI is InChI=1S/C17H17N3O6/c1-11(26-14-8-6-13(7-9-14)20(23)24)17(22)19-18-10-12-4-3-5-15(25-2)16(12)21/h3-11,21H,1-2H3,(H,19,22). The highest BCUT2D eigenvalue weighted by molar-refractivity contribution is 5.87. The Bertz CT molecular complexity index is 820. The average molecular weight is 359 g/mol. The van der Waals surface area contributed by atoms with Crippen LogP contribution in [0, 0.1) is 10.1 Å². The van der Waals surface area contributed by atoms with Gasteiger partial charge in [-0.1, -0.05) is 6.07 Å². The smallest absolute Gasteiger partial charge is 0.280 e. The number of hydrogen-bond donors (Lipinski definition) is 2. The fraction of sp³-hybridized carbons (Fsp3) is 0.176. The number of amides is 1. The minimum absolute atomic E-state index is 0.0721. The van der Waals surface area contributed by atoms with Gasteiger partial charge in [-0.25, -0.2) is 5.43 Å². The van der Waals surface area contributed by atoms with Gasteiger partial charge >= 0.3 is 0 Å². The first-order valence-electron chi connectivity index (χ1n) is 7.52. The number of nitro benzene ring substituents is 1. The summed E-state index contributed by atoms with van der Waals surface area (Å²) in [5.41, 5.74) is 2.59. The van der Waals surface area contributed by atoms with Crippen LogP contribution >= 0.6 is 0 Å². The third-order valence-corrected chi connectivity index (χ3v) is 3.36. The van der Waals surface area contributed by atoms with Gasteiger partial charge in [0.25, 0.3) is 11.6 Å². The topological polar surface area (TPSA) is 123 Å². The number of ether oxygens (including phenoxy) is 2. The monoisotopic (exact) mass is 359 g/mol. The summed E-state index contributed by atoms with van der Waals surface area (Å²) < 4.78 is 10.4. The van der Waals surface area contributed by atoms with E-state index in [4.69, 9.17) is 9.47 Å². The zero-order valence-electron chi connectivity index (χ0n) is 14.1. The van der Waals surface area contributed by atoms with Gasteiger partial charge in [-0.05, 0) is 31.2 Å². The van der Waals surface area contributed by atoms with E-state index in [1.54, 1.807) is 18.2 Å². The molecule has 0 aromatic heterocycles. The number of rotatable bonds is 7. The number of non-ortho nitro benzene ring substituents is 1. The average Bonchev–Trinajstić information content (AvgIpc) is 2.63. The fourth-order valence-corrected chi connectivity index (χ4v) is 1.97. The molecular formula is C17H17N3O6. The Kier molecular flexibility index (Phi) is 6.10. The second-order valence-electron chi connectivity index (χ2n) is 5.14. The molecule has 0 fully saturated rings. The number of para-hydroxylation sites is 1. The van der Waals surface area contributed by atoms with Crippen LogP contribution in [0.15, 0.2) is 47.6 Å². The normalized spacial score (nSPS) is 11.8. The van der Waals surface area contributed by atoms with E-state index in [9.17, 15) is 20.0 Å². The number of aromatic hydroxyl groups is 1. The maximum Gasteiger partial charge on any atom is 0.280 e. The third-order valence-electron chi connectivity index (χ3n) is 3.36. The van der Waals surface area contributed by atoms with Crippen LogP contribution in [0.25, 0.3) is 0 Å². The van der Waals surface area contributed by atoms with Gasteiger partial charge in [0, 0.05) is 17.7 Å². The summed E-state index contributed by atoms with van der Waals surface area (Å²) in [5.74, 6) is -0.0204. The van der Waals surface area contributed by atoms with Crippen LogP contribution in [0.5, 0.6) is 17.2 Å². The first kappa shape index (κ1) is 18.7. The second kappa shape index (κ2) is 8.47. The molecule has 0 radical (unpaired) electrons. The van der Waals surface area contributed by atoms with Gasteiger partial charge in [-0.2, -0.15) is 5.10 Å². The molecule has 0 bridgehead atoms. The first-order valence-corrected chi connectivity index (χ1v) is 7.52. The predicted octanol–water partition coefficient (Wildman–Crippen LogP) is 2.23. The molecule has 1 unspecified atom stereocenters. The van der Waals surface area contributed by atoms with E-state index in [0.717, 1.165) is 0 Å². The molecule has 0 aliphatic carbocycles. The summed E-state index contributed by atoms with van der Waals surface area (Å²) in [6.07, 6.45) is 0.390. The molecule has 1 atom stereocenters. The zero-order chi connectivity index (χ0) is 19.1. The van der Waals surface area contributed by atoms with E-state index in [0.29, 0.717) is 11.3 Å². The lowest BCUT2D eigenvalue weighted by molar-refractivity contribution is -0.384. The van der Waals surface area contributed by atoms with E-state index in [2.05, 4.69) is 10.5 Å². The molecule has 2 N–H and O–H groups in total. The number of methoxy groups -OCH3 is 1. The van der Waals surface area contributed by atoms with Crippen molar-refractivity contribution in [3.05, 3.63) is 58.1 Å². The number of phenolic OH excluding ortho intramolecular Hbond substituents is 1. The van der Waals surface area contributed by atoms with Crippen molar-refractivity contribution in [1.82, 2.24) is 5.43 Å². The molecule has 2 aromatic carbocycles. The molecular weight excluding hydrogens is 342 g/mol. The Balaban J connectivity index is 1.93. The molecule has 9 nitrogen and oxygen atoms in total. The van der Waals surface area contributed by atoms with Crippen molar-refractivity contribution in [3.8, 4) is 17.2 Å². The van der Waals surface area contributed by atoms with E-state index in [-0.39, 0.29) is 17.2 Å². The van der Waals surface area contributed by atoms with Gasteiger partial charge in [-0.15, -0.1) is 0 Å². The zero-order valence-corrected chi connectivity index (χ0v) is 14.1. The molecule has 0 aliphatic rings. The van der Waals surface area contributed by atoms with Crippen molar-refractivity contribution in [1.29, 1.82) is 0 Å². The lowest BCUT2D eigenvalue weighted by Gasteiger charge is -2.12. The molecule has 26 heavy (non-hydrogen) atoms. The molecule has 0 saturated carbocycles. The number of hydrogen-bond acceptors (Lipinski definition) is 7. The number of phenols is 1. The van der Waals surface area contributed by atoms with Crippen molar-refractivity contribution in [3.63, 3.8) is 0 Å². The Labute approximate surface area is 149 Å². The van der Waals surface area contributed by atoms with Crippen LogP contribution in [0.4, 0.5) is 5.69 Å². The van der Waals surface area contributed by atoms with Crippen molar-refractivity contribution in [2.24, 2.45) is 5.10 Å². The van der Waals surface area contributed by atoms with Crippen LogP contribution in [0.1, 0.15) is 12.5 Å². The van der Waals surface area contributed by atoms with Crippen LogP contribution in [-0.4, -0.2) is 35.4 Å². The summed E-state index contributed by atoms with van der Waals surface area (Å²) in [6.45, 7) is 1.51. The molecule has 1 amide bonds. The van der Waals surface area contributed by atoms with Crippen LogP contribution in [0.3, 0.4) is 0 Å². The highest BCUT2D eigenvalue weighted by Gasteiger charge is 2.15. The quantitative estimate of drug-likeness (QED) is 0.444. The van der Waals surface area contributed by atoms with Gasteiger partial charge in [-0.3, -0.25) is 14.9 Å². The molecule has 136 valence electrons.